The predicted molar refractivity (Wildman–Crippen MR) is 206 cm³/mol. The van der Waals surface area contributed by atoms with Gasteiger partial charge in [0.15, 0.2) is 0 Å². The van der Waals surface area contributed by atoms with Gasteiger partial charge in [0, 0.05) is 12.2 Å². The maximum atomic E-state index is 3.52. The average molecular weight is 622 g/mol. The molecule has 1 N–H and O–H groups in total. The number of dihydropyridines is 1. The highest BCUT2D eigenvalue weighted by Gasteiger charge is 2.54. The van der Waals surface area contributed by atoms with E-state index in [0.717, 1.165) is 6.54 Å². The number of rotatable bonds is 2. The molecule has 0 fully saturated rings. The van der Waals surface area contributed by atoms with Crippen LogP contribution in [0.15, 0.2) is 170 Å². The van der Waals surface area contributed by atoms with Crippen molar-refractivity contribution in [2.45, 2.75) is 5.41 Å². The fourth-order valence-electron chi connectivity index (χ4n) is 9.41. The summed E-state index contributed by atoms with van der Waals surface area (Å²) in [7, 11) is 0. The molecule has 8 aromatic rings. The first-order chi connectivity index (χ1) is 24.3. The standard InChI is InChI=1S/C48H31N/c1-4-18-37-32(13-1)33-14-2-6-20-39(33)47-45(37)41-29-40(30-24-26-31(27-25-30)44-23-11-12-28-49-44)34-15-3-5-19-38(34)46(41)48(47)42-21-9-7-16-35(42)36-17-8-10-22-43(36)48/h1-27,29,49H,28H2. The Morgan fingerprint density at radius 2 is 0.959 bits per heavy atom. The van der Waals surface area contributed by atoms with Gasteiger partial charge < -0.3 is 5.32 Å². The summed E-state index contributed by atoms with van der Waals surface area (Å²) < 4.78 is 0. The molecule has 0 radical (unpaired) electrons. The first-order valence-corrected chi connectivity index (χ1v) is 17.3. The van der Waals surface area contributed by atoms with Crippen LogP contribution >= 0.6 is 0 Å². The molecule has 228 valence electrons. The summed E-state index contributed by atoms with van der Waals surface area (Å²) >= 11 is 0. The van der Waals surface area contributed by atoms with Crippen molar-refractivity contribution in [1.82, 2.24) is 5.32 Å². The summed E-state index contributed by atoms with van der Waals surface area (Å²) in [6, 6.07) is 57.2. The second-order valence-corrected chi connectivity index (χ2v) is 13.5. The SMILES string of the molecule is C1=CCNC(c2ccc(-c3cc4c(c5ccccc35)C3(c5ccccc5-c5ccccc53)c3c-4c4ccccc4c4ccccc34)cc2)=C1. The molecule has 0 saturated carbocycles. The van der Waals surface area contributed by atoms with E-state index >= 15 is 0 Å². The zero-order chi connectivity index (χ0) is 32.1. The Morgan fingerprint density at radius 1 is 0.429 bits per heavy atom. The van der Waals surface area contributed by atoms with Gasteiger partial charge in [-0.15, -0.1) is 0 Å². The summed E-state index contributed by atoms with van der Waals surface area (Å²) in [5, 5.41) is 11.4. The zero-order valence-corrected chi connectivity index (χ0v) is 26.9. The van der Waals surface area contributed by atoms with Gasteiger partial charge in [-0.1, -0.05) is 158 Å². The second-order valence-electron chi connectivity index (χ2n) is 13.5. The third-order valence-corrected chi connectivity index (χ3v) is 11.3. The van der Waals surface area contributed by atoms with E-state index in [1.165, 1.54) is 99.2 Å². The molecule has 0 saturated heterocycles. The van der Waals surface area contributed by atoms with Crippen LogP contribution in [0, 0.1) is 0 Å². The molecule has 1 heteroatoms. The lowest BCUT2D eigenvalue weighted by Crippen LogP contribution is -2.26. The molecule has 0 atom stereocenters. The van der Waals surface area contributed by atoms with Crippen LogP contribution in [-0.2, 0) is 5.41 Å². The van der Waals surface area contributed by atoms with E-state index in [-0.39, 0.29) is 0 Å². The highest BCUT2D eigenvalue weighted by molar-refractivity contribution is 6.22. The molecule has 1 nitrogen and oxygen atoms in total. The Labute approximate surface area is 285 Å². The minimum absolute atomic E-state index is 0.462. The minimum Gasteiger partial charge on any atom is -0.381 e. The van der Waals surface area contributed by atoms with Gasteiger partial charge in [-0.2, -0.15) is 0 Å². The van der Waals surface area contributed by atoms with Crippen LogP contribution < -0.4 is 5.32 Å². The van der Waals surface area contributed by atoms with Crippen LogP contribution in [0.5, 0.6) is 0 Å². The van der Waals surface area contributed by atoms with E-state index in [1.54, 1.807) is 0 Å². The fraction of sp³-hybridized carbons (Fsp3) is 0.0417. The van der Waals surface area contributed by atoms with Crippen LogP contribution in [0.3, 0.4) is 0 Å². The summed E-state index contributed by atoms with van der Waals surface area (Å²) in [6.45, 7) is 0.860. The third kappa shape index (κ3) is 3.44. The van der Waals surface area contributed by atoms with Crippen molar-refractivity contribution < 1.29 is 0 Å². The maximum Gasteiger partial charge on any atom is 0.0737 e. The van der Waals surface area contributed by atoms with Gasteiger partial charge in [0.2, 0.25) is 0 Å². The van der Waals surface area contributed by atoms with Crippen molar-refractivity contribution in [3.8, 4) is 33.4 Å². The van der Waals surface area contributed by atoms with Gasteiger partial charge >= 0.3 is 0 Å². The number of benzene rings is 8. The second kappa shape index (κ2) is 9.92. The Kier molecular flexibility index (Phi) is 5.43. The van der Waals surface area contributed by atoms with Crippen molar-refractivity contribution >= 4 is 38.0 Å². The van der Waals surface area contributed by atoms with E-state index in [1.807, 2.05) is 0 Å². The quantitative estimate of drug-likeness (QED) is 0.189. The molecule has 11 rings (SSSR count). The van der Waals surface area contributed by atoms with Crippen LogP contribution in [0.1, 0.15) is 27.8 Å². The van der Waals surface area contributed by atoms with E-state index in [2.05, 4.69) is 175 Å². The van der Waals surface area contributed by atoms with Gasteiger partial charge in [0.25, 0.3) is 0 Å². The lowest BCUT2D eigenvalue weighted by molar-refractivity contribution is 0.809. The smallest absolute Gasteiger partial charge is 0.0737 e. The van der Waals surface area contributed by atoms with E-state index in [9.17, 15) is 0 Å². The Hall–Kier alpha value is -6.18. The fourth-order valence-corrected chi connectivity index (χ4v) is 9.41. The summed E-state index contributed by atoms with van der Waals surface area (Å²) in [4.78, 5) is 0. The molecule has 0 unspecified atom stereocenters. The molecule has 8 aromatic carbocycles. The zero-order valence-electron chi connectivity index (χ0n) is 26.9. The van der Waals surface area contributed by atoms with Crippen LogP contribution in [0.25, 0.3) is 71.4 Å². The highest BCUT2D eigenvalue weighted by Crippen LogP contribution is 2.67. The van der Waals surface area contributed by atoms with Crippen molar-refractivity contribution in [3.05, 3.63) is 198 Å². The van der Waals surface area contributed by atoms with Gasteiger partial charge in [0.1, 0.15) is 0 Å². The average Bonchev–Trinajstić information content (AvgIpc) is 3.66. The van der Waals surface area contributed by atoms with Gasteiger partial charge in [-0.25, -0.2) is 0 Å². The van der Waals surface area contributed by atoms with Crippen LogP contribution in [0.4, 0.5) is 0 Å². The van der Waals surface area contributed by atoms with E-state index in [4.69, 9.17) is 0 Å². The molecule has 2 aliphatic carbocycles. The van der Waals surface area contributed by atoms with Gasteiger partial charge in [-0.3, -0.25) is 0 Å². The number of hydrogen-bond acceptors (Lipinski definition) is 1. The van der Waals surface area contributed by atoms with E-state index < -0.39 is 5.41 Å². The monoisotopic (exact) mass is 621 g/mol. The topological polar surface area (TPSA) is 12.0 Å². The predicted octanol–water partition coefficient (Wildman–Crippen LogP) is 11.7. The van der Waals surface area contributed by atoms with Gasteiger partial charge in [0.05, 0.1) is 5.41 Å². The number of nitrogens with one attached hydrogen (secondary N) is 1. The minimum atomic E-state index is -0.462. The number of hydrogen-bond donors (Lipinski definition) is 1. The van der Waals surface area contributed by atoms with Crippen molar-refractivity contribution in [2.24, 2.45) is 0 Å². The lowest BCUT2D eigenvalue weighted by atomic mass is 9.68. The molecule has 0 amide bonds. The first kappa shape index (κ1) is 26.8. The van der Waals surface area contributed by atoms with Crippen LogP contribution in [0.2, 0.25) is 0 Å². The third-order valence-electron chi connectivity index (χ3n) is 11.3. The molecular formula is C48H31N. The lowest BCUT2D eigenvalue weighted by Gasteiger charge is -2.33. The van der Waals surface area contributed by atoms with Crippen molar-refractivity contribution in [3.63, 3.8) is 0 Å². The normalized spacial score (nSPS) is 14.8. The summed E-state index contributed by atoms with van der Waals surface area (Å²) in [5.41, 5.74) is 15.3. The summed E-state index contributed by atoms with van der Waals surface area (Å²) in [5.74, 6) is 0. The number of fused-ring (bicyclic) bond motifs is 17. The molecule has 1 heterocycles. The maximum absolute atomic E-state index is 3.52. The Balaban J connectivity index is 1.33. The molecular weight excluding hydrogens is 591 g/mol. The number of allylic oxidation sites excluding steroid dienone is 2. The van der Waals surface area contributed by atoms with Crippen molar-refractivity contribution in [1.29, 1.82) is 0 Å². The Morgan fingerprint density at radius 3 is 1.61 bits per heavy atom. The van der Waals surface area contributed by atoms with Crippen LogP contribution in [-0.4, -0.2) is 6.54 Å². The molecule has 1 aliphatic heterocycles. The van der Waals surface area contributed by atoms with Gasteiger partial charge in [-0.05, 0) is 106 Å². The highest BCUT2D eigenvalue weighted by atomic mass is 14.9. The molecule has 0 bridgehead atoms. The first-order valence-electron chi connectivity index (χ1n) is 17.3. The van der Waals surface area contributed by atoms with Crippen molar-refractivity contribution in [2.75, 3.05) is 6.54 Å². The molecule has 3 aliphatic rings. The molecule has 49 heavy (non-hydrogen) atoms. The largest absolute Gasteiger partial charge is 0.381 e. The summed E-state index contributed by atoms with van der Waals surface area (Å²) in [6.07, 6.45) is 6.44. The van der Waals surface area contributed by atoms with E-state index in [0.29, 0.717) is 0 Å². The molecule has 1 spiro atoms. The Bertz CT molecular complexity index is 2710. The molecule has 0 aromatic heterocycles.